The van der Waals surface area contributed by atoms with Crippen LogP contribution in [-0.4, -0.2) is 40.1 Å². The Morgan fingerprint density at radius 1 is 1.25 bits per heavy atom. The number of amides is 1. The molecule has 2 rings (SSSR count). The molecule has 10 heteroatoms. The molecule has 2 heterocycles. The first kappa shape index (κ1) is 26.1. The molecule has 0 aliphatic heterocycles. The van der Waals surface area contributed by atoms with Crippen molar-refractivity contribution >= 4 is 41.8 Å². The Hall–Kier alpha value is -1.90. The largest absolute Gasteiger partial charge is 0.350 e. The van der Waals surface area contributed by atoms with E-state index in [2.05, 4.69) is 20.6 Å². The molecule has 2 aromatic rings. The zero-order valence-electron chi connectivity index (χ0n) is 16.8. The number of aromatic amines is 1. The third-order valence-corrected chi connectivity index (χ3v) is 4.31. The summed E-state index contributed by atoms with van der Waals surface area (Å²) in [6, 6.07) is 1.73. The number of aryl methyl sites for hydroxylation is 1. The molecule has 0 fully saturated rings. The maximum absolute atomic E-state index is 12.8. The van der Waals surface area contributed by atoms with Crippen molar-refractivity contribution in [2.75, 3.05) is 13.6 Å². The van der Waals surface area contributed by atoms with Gasteiger partial charge in [-0.25, -0.2) is 9.78 Å². The van der Waals surface area contributed by atoms with E-state index in [1.807, 2.05) is 34.7 Å². The van der Waals surface area contributed by atoms with E-state index in [9.17, 15) is 14.4 Å². The van der Waals surface area contributed by atoms with Crippen molar-refractivity contribution < 1.29 is 4.79 Å². The van der Waals surface area contributed by atoms with Crippen molar-refractivity contribution in [3.63, 3.8) is 0 Å². The quantitative estimate of drug-likeness (QED) is 0.616. The van der Waals surface area contributed by atoms with Gasteiger partial charge < -0.3 is 10.6 Å². The molecule has 1 unspecified atom stereocenters. The molecule has 1 amide bonds. The zero-order chi connectivity index (χ0) is 19.4. The molecule has 0 radical (unpaired) electrons. The van der Waals surface area contributed by atoms with Crippen LogP contribution in [0.4, 0.5) is 0 Å². The Bertz CT molecular complexity index is 924. The number of carbonyl (C=O) groups excluding carboxylic acids is 1. The first-order valence-electron chi connectivity index (χ1n) is 8.93. The van der Waals surface area contributed by atoms with Gasteiger partial charge in [-0.2, -0.15) is 0 Å². The van der Waals surface area contributed by atoms with E-state index in [4.69, 9.17) is 0 Å². The summed E-state index contributed by atoms with van der Waals surface area (Å²) in [5, 5.41) is 6.02. The van der Waals surface area contributed by atoms with Crippen LogP contribution < -0.4 is 21.9 Å². The number of halogens is 2. The Kier molecular flexibility index (Phi) is 10.4. The first-order valence-corrected chi connectivity index (χ1v) is 8.93. The van der Waals surface area contributed by atoms with Crippen LogP contribution in [0.25, 0.3) is 11.0 Å². The number of nitrogens with zero attached hydrogens (tertiary/aromatic N) is 2. The lowest BCUT2D eigenvalue weighted by atomic mass is 10.0. The molecule has 0 aromatic carbocycles. The van der Waals surface area contributed by atoms with Gasteiger partial charge in [-0.05, 0) is 32.4 Å². The van der Waals surface area contributed by atoms with Gasteiger partial charge in [0.15, 0.2) is 5.65 Å². The number of hydrogen-bond donors (Lipinski definition) is 3. The molecule has 2 aromatic heterocycles. The van der Waals surface area contributed by atoms with Crippen LogP contribution in [0.2, 0.25) is 0 Å². The summed E-state index contributed by atoms with van der Waals surface area (Å²) in [4.78, 5) is 44.3. The lowest BCUT2D eigenvalue weighted by molar-refractivity contribution is 0.0952. The van der Waals surface area contributed by atoms with Crippen molar-refractivity contribution in [2.45, 2.75) is 52.6 Å². The minimum absolute atomic E-state index is 0. The minimum atomic E-state index is -0.591. The topological polar surface area (TPSA) is 109 Å². The highest BCUT2D eigenvalue weighted by molar-refractivity contribution is 6.05. The van der Waals surface area contributed by atoms with E-state index in [0.29, 0.717) is 25.2 Å². The summed E-state index contributed by atoms with van der Waals surface area (Å²) in [7, 11) is 1.81. The number of rotatable bonds is 7. The highest BCUT2D eigenvalue weighted by atomic mass is 35.5. The Labute approximate surface area is 176 Å². The lowest BCUT2D eigenvalue weighted by Crippen LogP contribution is -2.38. The van der Waals surface area contributed by atoms with Gasteiger partial charge in [0, 0.05) is 24.8 Å². The van der Waals surface area contributed by atoms with Gasteiger partial charge in [0.25, 0.3) is 11.5 Å². The van der Waals surface area contributed by atoms with E-state index >= 15 is 0 Å². The standard InChI is InChI=1S/C18H27N5O3.2ClH/c1-6-7-23-15-14(17(25)22-18(23)26)12(8-13(21-15)10(2)3)16(24)20-9-11(4)19-5;;/h8,10-11,19H,6-7,9H2,1-5H3,(H,20,24)(H,22,25,26);2*1H. The Balaban J connectivity index is 0.00000364. The summed E-state index contributed by atoms with van der Waals surface area (Å²) in [5.41, 5.74) is 0.0748. The molecule has 0 aliphatic rings. The summed E-state index contributed by atoms with van der Waals surface area (Å²) in [6.07, 6.45) is 0.704. The second-order valence-electron chi connectivity index (χ2n) is 6.76. The number of hydrogen-bond acceptors (Lipinski definition) is 5. The van der Waals surface area contributed by atoms with Crippen LogP contribution in [0.5, 0.6) is 0 Å². The molecule has 0 bridgehead atoms. The summed E-state index contributed by atoms with van der Waals surface area (Å²) < 4.78 is 1.43. The molecule has 0 aliphatic carbocycles. The predicted molar refractivity (Wildman–Crippen MR) is 116 cm³/mol. The number of pyridine rings is 1. The normalized spacial score (nSPS) is 11.6. The molecule has 158 valence electrons. The van der Waals surface area contributed by atoms with Crippen LogP contribution in [0, 0.1) is 0 Å². The van der Waals surface area contributed by atoms with Gasteiger partial charge >= 0.3 is 5.69 Å². The minimum Gasteiger partial charge on any atom is -0.350 e. The molecule has 1 atom stereocenters. The van der Waals surface area contributed by atoms with Crippen molar-refractivity contribution in [1.82, 2.24) is 25.2 Å². The molecule has 0 spiro atoms. The predicted octanol–water partition coefficient (Wildman–Crippen LogP) is 1.80. The summed E-state index contributed by atoms with van der Waals surface area (Å²) in [6.45, 7) is 8.61. The Morgan fingerprint density at radius 3 is 2.43 bits per heavy atom. The fourth-order valence-corrected chi connectivity index (χ4v) is 2.64. The molecule has 3 N–H and O–H groups in total. The smallest absolute Gasteiger partial charge is 0.329 e. The van der Waals surface area contributed by atoms with Crippen LogP contribution in [-0.2, 0) is 6.54 Å². The third kappa shape index (κ3) is 5.56. The molecular formula is C18H29Cl2N5O3. The van der Waals surface area contributed by atoms with Gasteiger partial charge in [-0.3, -0.25) is 19.1 Å². The van der Waals surface area contributed by atoms with E-state index in [-0.39, 0.29) is 59.3 Å². The van der Waals surface area contributed by atoms with Gasteiger partial charge in [0.1, 0.15) is 0 Å². The van der Waals surface area contributed by atoms with Crippen molar-refractivity contribution in [1.29, 1.82) is 0 Å². The van der Waals surface area contributed by atoms with E-state index < -0.39 is 11.2 Å². The van der Waals surface area contributed by atoms with E-state index in [1.165, 1.54) is 4.57 Å². The monoisotopic (exact) mass is 433 g/mol. The lowest BCUT2D eigenvalue weighted by Gasteiger charge is -2.15. The summed E-state index contributed by atoms with van der Waals surface area (Å²) in [5.74, 6) is -0.305. The van der Waals surface area contributed by atoms with Crippen molar-refractivity contribution in [2.24, 2.45) is 0 Å². The average Bonchev–Trinajstić information content (AvgIpc) is 2.61. The maximum atomic E-state index is 12.8. The van der Waals surface area contributed by atoms with E-state index in [0.717, 1.165) is 0 Å². The molecule has 0 saturated heterocycles. The van der Waals surface area contributed by atoms with Gasteiger partial charge in [-0.15, -0.1) is 24.8 Å². The number of carbonyl (C=O) groups is 1. The van der Waals surface area contributed by atoms with Crippen LogP contribution >= 0.6 is 24.8 Å². The first-order chi connectivity index (χ1) is 12.3. The van der Waals surface area contributed by atoms with Crippen molar-refractivity contribution in [3.8, 4) is 0 Å². The maximum Gasteiger partial charge on any atom is 0.329 e. The van der Waals surface area contributed by atoms with E-state index in [1.54, 1.807) is 6.07 Å². The zero-order valence-corrected chi connectivity index (χ0v) is 18.4. The molecule has 8 nitrogen and oxygen atoms in total. The summed E-state index contributed by atoms with van der Waals surface area (Å²) >= 11 is 0. The second kappa shape index (κ2) is 11.2. The highest BCUT2D eigenvalue weighted by Crippen LogP contribution is 2.19. The SMILES string of the molecule is CCCn1c(=O)[nH]c(=O)c2c(C(=O)NCC(C)NC)cc(C(C)C)nc21.Cl.Cl. The third-order valence-electron chi connectivity index (χ3n) is 4.31. The highest BCUT2D eigenvalue weighted by Gasteiger charge is 2.20. The van der Waals surface area contributed by atoms with Crippen LogP contribution in [0.3, 0.4) is 0 Å². The van der Waals surface area contributed by atoms with Gasteiger partial charge in [0.2, 0.25) is 0 Å². The van der Waals surface area contributed by atoms with Gasteiger partial charge in [-0.1, -0.05) is 20.8 Å². The number of H-pyrrole nitrogens is 1. The molecule has 28 heavy (non-hydrogen) atoms. The van der Waals surface area contributed by atoms with Crippen LogP contribution in [0.15, 0.2) is 15.7 Å². The Morgan fingerprint density at radius 2 is 1.89 bits per heavy atom. The van der Waals surface area contributed by atoms with Crippen LogP contribution in [0.1, 0.15) is 56.1 Å². The number of aromatic nitrogens is 3. The second-order valence-corrected chi connectivity index (χ2v) is 6.76. The number of likely N-dealkylation sites (N-methyl/N-ethyl adjacent to an activating group) is 1. The molecular weight excluding hydrogens is 405 g/mol. The molecule has 0 saturated carbocycles. The van der Waals surface area contributed by atoms with Crippen molar-refractivity contribution in [3.05, 3.63) is 38.2 Å². The average molecular weight is 434 g/mol. The van der Waals surface area contributed by atoms with Gasteiger partial charge in [0.05, 0.1) is 10.9 Å². The number of nitrogens with one attached hydrogen (secondary N) is 3. The fraction of sp³-hybridized carbons (Fsp3) is 0.556. The fourth-order valence-electron chi connectivity index (χ4n) is 2.64. The number of fused-ring (bicyclic) bond motifs is 1.